The summed E-state index contributed by atoms with van der Waals surface area (Å²) in [5.41, 5.74) is 0.892. The monoisotopic (exact) mass is 168 g/mol. The van der Waals surface area contributed by atoms with Crippen LogP contribution in [0.25, 0.3) is 0 Å². The van der Waals surface area contributed by atoms with Crippen LogP contribution in [0, 0.1) is 5.92 Å². The molecule has 0 saturated heterocycles. The molecule has 1 rings (SSSR count). The minimum atomic E-state index is -0.425. The van der Waals surface area contributed by atoms with Gasteiger partial charge in [0.2, 0.25) is 0 Å². The van der Waals surface area contributed by atoms with Crippen LogP contribution in [0.1, 0.15) is 32.6 Å². The largest absolute Gasteiger partial charge is 0.387 e. The summed E-state index contributed by atoms with van der Waals surface area (Å²) in [6, 6.07) is 1.85. The first-order chi connectivity index (χ1) is 5.61. The van der Waals surface area contributed by atoms with Gasteiger partial charge in [0.05, 0.1) is 11.8 Å². The summed E-state index contributed by atoms with van der Waals surface area (Å²) in [7, 11) is 0. The van der Waals surface area contributed by atoms with Crippen LogP contribution in [-0.4, -0.2) is 14.9 Å². The van der Waals surface area contributed by atoms with Gasteiger partial charge in [-0.25, -0.2) is 0 Å². The van der Waals surface area contributed by atoms with Crippen LogP contribution < -0.4 is 0 Å². The van der Waals surface area contributed by atoms with E-state index < -0.39 is 6.10 Å². The molecule has 0 aliphatic carbocycles. The first-order valence-electron chi connectivity index (χ1n) is 4.31. The highest BCUT2D eigenvalue weighted by molar-refractivity contribution is 5.03. The van der Waals surface area contributed by atoms with Crippen molar-refractivity contribution in [3.8, 4) is 0 Å². The highest BCUT2D eigenvalue weighted by Crippen LogP contribution is 2.12. The summed E-state index contributed by atoms with van der Waals surface area (Å²) in [6.07, 6.45) is 1.30. The van der Waals surface area contributed by atoms with E-state index in [9.17, 15) is 5.11 Å². The molecule has 1 aromatic heterocycles. The summed E-state index contributed by atoms with van der Waals surface area (Å²) in [6.45, 7) is 6.89. The molecule has 0 radical (unpaired) electrons. The van der Waals surface area contributed by atoms with Crippen molar-refractivity contribution in [1.82, 2.24) is 9.78 Å². The average Bonchev–Trinajstić information content (AvgIpc) is 2.33. The Kier molecular flexibility index (Phi) is 2.87. The van der Waals surface area contributed by atoms with Gasteiger partial charge in [0, 0.05) is 12.7 Å². The standard InChI is InChI=1S/C9H16N2O/c1-7(2)6-11-9(8(3)12)4-5-10-11/h4-5,7-8,12H,6H2,1-3H3/t8-/m1/s1. The Morgan fingerprint density at radius 3 is 2.67 bits per heavy atom. The number of nitrogens with zero attached hydrogens (tertiary/aromatic N) is 2. The van der Waals surface area contributed by atoms with E-state index in [0.717, 1.165) is 12.2 Å². The van der Waals surface area contributed by atoms with Gasteiger partial charge >= 0.3 is 0 Å². The van der Waals surface area contributed by atoms with Gasteiger partial charge in [0.25, 0.3) is 0 Å². The lowest BCUT2D eigenvalue weighted by molar-refractivity contribution is 0.185. The van der Waals surface area contributed by atoms with Gasteiger partial charge in [-0.1, -0.05) is 13.8 Å². The van der Waals surface area contributed by atoms with E-state index in [4.69, 9.17) is 0 Å². The highest BCUT2D eigenvalue weighted by Gasteiger charge is 2.08. The molecule has 0 fully saturated rings. The van der Waals surface area contributed by atoms with Gasteiger partial charge in [-0.3, -0.25) is 4.68 Å². The van der Waals surface area contributed by atoms with E-state index in [2.05, 4.69) is 18.9 Å². The van der Waals surface area contributed by atoms with Crippen LogP contribution in [0.3, 0.4) is 0 Å². The van der Waals surface area contributed by atoms with Gasteiger partial charge < -0.3 is 5.11 Å². The van der Waals surface area contributed by atoms with Crippen molar-refractivity contribution in [2.45, 2.75) is 33.4 Å². The molecule has 0 aromatic carbocycles. The molecule has 1 atom stereocenters. The Morgan fingerprint density at radius 1 is 1.50 bits per heavy atom. The highest BCUT2D eigenvalue weighted by atomic mass is 16.3. The normalized spacial score (nSPS) is 13.8. The van der Waals surface area contributed by atoms with Crippen LogP contribution in [-0.2, 0) is 6.54 Å². The zero-order chi connectivity index (χ0) is 9.14. The van der Waals surface area contributed by atoms with Crippen LogP contribution in [0.4, 0.5) is 0 Å². The van der Waals surface area contributed by atoms with Gasteiger partial charge in [0.15, 0.2) is 0 Å². The molecule has 1 aromatic rings. The molecular formula is C9H16N2O. The molecule has 0 amide bonds. The molecule has 0 unspecified atom stereocenters. The summed E-state index contributed by atoms with van der Waals surface area (Å²) in [4.78, 5) is 0. The fraction of sp³-hybridized carbons (Fsp3) is 0.667. The van der Waals surface area contributed by atoms with E-state index in [1.807, 2.05) is 10.7 Å². The van der Waals surface area contributed by atoms with Crippen molar-refractivity contribution in [3.05, 3.63) is 18.0 Å². The Bertz CT molecular complexity index is 240. The number of aromatic nitrogens is 2. The van der Waals surface area contributed by atoms with Crippen LogP contribution in [0.15, 0.2) is 12.3 Å². The van der Waals surface area contributed by atoms with E-state index in [1.54, 1.807) is 13.1 Å². The molecule has 0 aliphatic rings. The van der Waals surface area contributed by atoms with Crippen LogP contribution in [0.2, 0.25) is 0 Å². The smallest absolute Gasteiger partial charge is 0.0928 e. The van der Waals surface area contributed by atoms with Crippen molar-refractivity contribution in [2.24, 2.45) is 5.92 Å². The second kappa shape index (κ2) is 3.72. The first kappa shape index (κ1) is 9.26. The van der Waals surface area contributed by atoms with Crippen molar-refractivity contribution in [3.63, 3.8) is 0 Å². The molecule has 1 heterocycles. The van der Waals surface area contributed by atoms with Gasteiger partial charge in [0.1, 0.15) is 0 Å². The third-order valence-electron chi connectivity index (χ3n) is 1.72. The molecule has 1 N–H and O–H groups in total. The van der Waals surface area contributed by atoms with Crippen molar-refractivity contribution in [2.75, 3.05) is 0 Å². The minimum Gasteiger partial charge on any atom is -0.387 e. The number of aliphatic hydroxyl groups is 1. The second-order valence-electron chi connectivity index (χ2n) is 3.51. The average molecular weight is 168 g/mol. The van der Waals surface area contributed by atoms with Gasteiger partial charge in [-0.2, -0.15) is 5.10 Å². The fourth-order valence-corrected chi connectivity index (χ4v) is 1.20. The number of hydrogen-bond donors (Lipinski definition) is 1. The van der Waals surface area contributed by atoms with E-state index in [0.29, 0.717) is 5.92 Å². The number of hydrogen-bond acceptors (Lipinski definition) is 2. The first-order valence-corrected chi connectivity index (χ1v) is 4.31. The van der Waals surface area contributed by atoms with E-state index >= 15 is 0 Å². The maximum absolute atomic E-state index is 9.35. The van der Waals surface area contributed by atoms with Crippen molar-refractivity contribution >= 4 is 0 Å². The summed E-state index contributed by atoms with van der Waals surface area (Å²) in [5, 5.41) is 13.5. The lowest BCUT2D eigenvalue weighted by Gasteiger charge is -2.11. The van der Waals surface area contributed by atoms with Gasteiger partial charge in [-0.15, -0.1) is 0 Å². The van der Waals surface area contributed by atoms with E-state index in [1.165, 1.54) is 0 Å². The zero-order valence-electron chi connectivity index (χ0n) is 7.86. The molecule has 0 aliphatic heterocycles. The van der Waals surface area contributed by atoms with Gasteiger partial charge in [-0.05, 0) is 18.9 Å². The predicted molar refractivity (Wildman–Crippen MR) is 47.7 cm³/mol. The lowest BCUT2D eigenvalue weighted by atomic mass is 10.2. The maximum atomic E-state index is 9.35. The van der Waals surface area contributed by atoms with Crippen LogP contribution >= 0.6 is 0 Å². The summed E-state index contributed by atoms with van der Waals surface area (Å²) < 4.78 is 1.86. The molecule has 0 spiro atoms. The minimum absolute atomic E-state index is 0.425. The molecule has 68 valence electrons. The molecular weight excluding hydrogens is 152 g/mol. The number of rotatable bonds is 3. The topological polar surface area (TPSA) is 38.0 Å². The quantitative estimate of drug-likeness (QED) is 0.744. The molecule has 3 heteroatoms. The van der Waals surface area contributed by atoms with Crippen LogP contribution in [0.5, 0.6) is 0 Å². The van der Waals surface area contributed by atoms with Crippen molar-refractivity contribution < 1.29 is 5.11 Å². The molecule has 0 bridgehead atoms. The third kappa shape index (κ3) is 2.08. The fourth-order valence-electron chi connectivity index (χ4n) is 1.20. The Labute approximate surface area is 73.0 Å². The Morgan fingerprint density at radius 2 is 2.17 bits per heavy atom. The Balaban J connectivity index is 2.77. The Hall–Kier alpha value is -0.830. The third-order valence-corrected chi connectivity index (χ3v) is 1.72. The predicted octanol–water partition coefficient (Wildman–Crippen LogP) is 1.59. The number of aliphatic hydroxyl groups excluding tert-OH is 1. The van der Waals surface area contributed by atoms with E-state index in [-0.39, 0.29) is 0 Å². The molecule has 3 nitrogen and oxygen atoms in total. The lowest BCUT2D eigenvalue weighted by Crippen LogP contribution is -2.11. The van der Waals surface area contributed by atoms with Crippen molar-refractivity contribution in [1.29, 1.82) is 0 Å². The molecule has 12 heavy (non-hydrogen) atoms. The summed E-state index contributed by atoms with van der Waals surface area (Å²) >= 11 is 0. The second-order valence-corrected chi connectivity index (χ2v) is 3.51. The summed E-state index contributed by atoms with van der Waals surface area (Å²) in [5.74, 6) is 0.558. The maximum Gasteiger partial charge on any atom is 0.0928 e. The SMILES string of the molecule is CC(C)Cn1nccc1[C@@H](C)O. The molecule has 0 saturated carbocycles. The zero-order valence-corrected chi connectivity index (χ0v) is 7.86.